The minimum Gasteiger partial charge on any atom is -0.474 e. The first-order valence-corrected chi connectivity index (χ1v) is 8.53. The summed E-state index contributed by atoms with van der Waals surface area (Å²) in [6.45, 7) is 5.25. The van der Waals surface area contributed by atoms with Crippen molar-refractivity contribution in [1.29, 1.82) is 0 Å². The molecule has 1 unspecified atom stereocenters. The molecule has 2 aromatic rings. The molecule has 1 amide bonds. The molecule has 128 valence electrons. The Kier molecular flexibility index (Phi) is 5.04. The lowest BCUT2D eigenvalue weighted by Gasteiger charge is -2.25. The molecular weight excluding hydrogens is 328 g/mol. The largest absolute Gasteiger partial charge is 0.474 e. The fourth-order valence-electron chi connectivity index (χ4n) is 2.94. The highest BCUT2D eigenvalue weighted by atomic mass is 35.5. The summed E-state index contributed by atoms with van der Waals surface area (Å²) < 4.78 is 7.38. The molecule has 0 aliphatic carbocycles. The molecule has 2 aromatic heterocycles. The van der Waals surface area contributed by atoms with E-state index in [-0.39, 0.29) is 18.1 Å². The van der Waals surface area contributed by atoms with E-state index in [1.807, 2.05) is 35.7 Å². The van der Waals surface area contributed by atoms with Crippen LogP contribution in [0.15, 0.2) is 30.7 Å². The maximum atomic E-state index is 12.8. The van der Waals surface area contributed by atoms with E-state index in [0.717, 1.165) is 19.4 Å². The number of halogens is 1. The van der Waals surface area contributed by atoms with Gasteiger partial charge in [0.05, 0.1) is 24.3 Å². The molecule has 0 radical (unpaired) electrons. The summed E-state index contributed by atoms with van der Waals surface area (Å²) in [5, 5.41) is 4.59. The van der Waals surface area contributed by atoms with Crippen LogP contribution >= 0.6 is 11.6 Å². The number of nitrogens with zero attached hydrogens (tertiary/aromatic N) is 4. The van der Waals surface area contributed by atoms with Gasteiger partial charge in [-0.15, -0.1) is 0 Å². The molecule has 0 N–H and O–H groups in total. The highest BCUT2D eigenvalue weighted by Crippen LogP contribution is 2.26. The molecule has 3 heterocycles. The molecule has 0 spiro atoms. The van der Waals surface area contributed by atoms with E-state index in [1.54, 1.807) is 12.3 Å². The van der Waals surface area contributed by atoms with Gasteiger partial charge in [-0.25, -0.2) is 4.98 Å². The number of pyridine rings is 1. The van der Waals surface area contributed by atoms with E-state index in [2.05, 4.69) is 10.1 Å². The summed E-state index contributed by atoms with van der Waals surface area (Å²) in [7, 11) is 0. The third-order valence-electron chi connectivity index (χ3n) is 4.00. The van der Waals surface area contributed by atoms with Crippen LogP contribution in [0.4, 0.5) is 0 Å². The maximum absolute atomic E-state index is 12.8. The van der Waals surface area contributed by atoms with Crippen LogP contribution in [0.1, 0.15) is 37.0 Å². The van der Waals surface area contributed by atoms with Gasteiger partial charge in [-0.1, -0.05) is 11.6 Å². The predicted octanol–water partition coefficient (Wildman–Crippen LogP) is 3.02. The van der Waals surface area contributed by atoms with Gasteiger partial charge in [0.1, 0.15) is 5.02 Å². The molecule has 7 heteroatoms. The number of carbonyl (C=O) groups excluding carboxylic acids is 1. The fraction of sp³-hybridized carbons (Fsp3) is 0.471. The number of likely N-dealkylation sites (tertiary alicyclic amines) is 1. The maximum Gasteiger partial charge on any atom is 0.255 e. The molecule has 1 aliphatic rings. The molecule has 0 bridgehead atoms. The summed E-state index contributed by atoms with van der Waals surface area (Å²) in [6.07, 6.45) is 7.15. The Morgan fingerprint density at radius 3 is 3.00 bits per heavy atom. The molecule has 24 heavy (non-hydrogen) atoms. The average Bonchev–Trinajstić information content (AvgIpc) is 3.20. The normalized spacial score (nSPS) is 17.5. The molecule has 1 atom stereocenters. The number of hydrogen-bond donors (Lipinski definition) is 0. The number of amides is 1. The molecule has 3 rings (SSSR count). The molecular formula is C17H21ClN4O2. The smallest absolute Gasteiger partial charge is 0.255 e. The molecule has 6 nitrogen and oxygen atoms in total. The van der Waals surface area contributed by atoms with Crippen molar-refractivity contribution >= 4 is 17.5 Å². The summed E-state index contributed by atoms with van der Waals surface area (Å²) >= 11 is 6.20. The topological polar surface area (TPSA) is 60.2 Å². The second kappa shape index (κ2) is 7.21. The Bertz CT molecular complexity index is 703. The molecule has 1 fully saturated rings. The average molecular weight is 349 g/mol. The monoisotopic (exact) mass is 348 g/mol. The van der Waals surface area contributed by atoms with Crippen LogP contribution in [0.25, 0.3) is 0 Å². The van der Waals surface area contributed by atoms with E-state index >= 15 is 0 Å². The van der Waals surface area contributed by atoms with Crippen LogP contribution in [0.3, 0.4) is 0 Å². The van der Waals surface area contributed by atoms with Crippen molar-refractivity contribution in [3.63, 3.8) is 0 Å². The van der Waals surface area contributed by atoms with Gasteiger partial charge >= 0.3 is 0 Å². The molecule has 0 aromatic carbocycles. The highest BCUT2D eigenvalue weighted by Gasteiger charge is 2.30. The van der Waals surface area contributed by atoms with Gasteiger partial charge in [0, 0.05) is 25.1 Å². The fourth-order valence-corrected chi connectivity index (χ4v) is 3.15. The lowest BCUT2D eigenvalue weighted by molar-refractivity contribution is 0.0721. The van der Waals surface area contributed by atoms with Gasteiger partial charge < -0.3 is 9.64 Å². The molecule has 1 saturated heterocycles. The Hall–Kier alpha value is -2.08. The number of rotatable bonds is 5. The minimum atomic E-state index is -0.0462. The summed E-state index contributed by atoms with van der Waals surface area (Å²) in [4.78, 5) is 18.9. The number of ether oxygens (including phenoxy) is 1. The SMILES string of the molecule is CC(C)Oc1ncc(C(=O)N2CCCC2Cn2cccn2)cc1Cl. The first kappa shape index (κ1) is 16.8. The molecule has 1 aliphatic heterocycles. The van der Waals surface area contributed by atoms with Gasteiger partial charge in [-0.05, 0) is 38.8 Å². The van der Waals surface area contributed by atoms with E-state index in [0.29, 0.717) is 23.0 Å². The quantitative estimate of drug-likeness (QED) is 0.833. The van der Waals surface area contributed by atoms with Crippen LogP contribution in [0, 0.1) is 0 Å². The second-order valence-corrected chi connectivity index (χ2v) is 6.61. The third-order valence-corrected chi connectivity index (χ3v) is 4.27. The zero-order chi connectivity index (χ0) is 17.1. The second-order valence-electron chi connectivity index (χ2n) is 6.20. The van der Waals surface area contributed by atoms with Crippen molar-refractivity contribution in [2.75, 3.05) is 6.54 Å². The van der Waals surface area contributed by atoms with Crippen LogP contribution < -0.4 is 4.74 Å². The number of hydrogen-bond acceptors (Lipinski definition) is 4. The first-order valence-electron chi connectivity index (χ1n) is 8.15. The Morgan fingerprint density at radius 2 is 2.33 bits per heavy atom. The lowest BCUT2D eigenvalue weighted by Crippen LogP contribution is -2.38. The summed E-state index contributed by atoms with van der Waals surface area (Å²) in [5.41, 5.74) is 0.489. The number of carbonyl (C=O) groups is 1. The summed E-state index contributed by atoms with van der Waals surface area (Å²) in [6, 6.07) is 3.67. The van der Waals surface area contributed by atoms with Gasteiger partial charge in [0.2, 0.25) is 5.88 Å². The van der Waals surface area contributed by atoms with Crippen molar-refractivity contribution in [2.24, 2.45) is 0 Å². The first-order chi connectivity index (χ1) is 11.5. The Balaban J connectivity index is 1.74. The van der Waals surface area contributed by atoms with E-state index in [9.17, 15) is 4.79 Å². The van der Waals surface area contributed by atoms with Gasteiger partial charge in [0.25, 0.3) is 5.91 Å². The van der Waals surface area contributed by atoms with E-state index < -0.39 is 0 Å². The minimum absolute atomic E-state index is 0.0198. The van der Waals surface area contributed by atoms with Gasteiger partial charge in [-0.2, -0.15) is 5.10 Å². The zero-order valence-electron chi connectivity index (χ0n) is 13.9. The van der Waals surface area contributed by atoms with Crippen molar-refractivity contribution in [3.8, 4) is 5.88 Å². The number of aromatic nitrogens is 3. The van der Waals surface area contributed by atoms with Crippen LogP contribution in [-0.2, 0) is 6.54 Å². The third kappa shape index (κ3) is 3.70. The van der Waals surface area contributed by atoms with Gasteiger partial charge in [-0.3, -0.25) is 9.48 Å². The summed E-state index contributed by atoms with van der Waals surface area (Å²) in [5.74, 6) is 0.313. The van der Waals surface area contributed by atoms with Crippen LogP contribution in [-0.4, -0.2) is 44.3 Å². The van der Waals surface area contributed by atoms with E-state index in [4.69, 9.17) is 16.3 Å². The van der Waals surface area contributed by atoms with Crippen molar-refractivity contribution in [3.05, 3.63) is 41.3 Å². The highest BCUT2D eigenvalue weighted by molar-refractivity contribution is 6.32. The lowest BCUT2D eigenvalue weighted by atomic mass is 10.2. The van der Waals surface area contributed by atoms with Crippen molar-refractivity contribution in [1.82, 2.24) is 19.7 Å². The van der Waals surface area contributed by atoms with Crippen molar-refractivity contribution < 1.29 is 9.53 Å². The Labute approximate surface area is 146 Å². The Morgan fingerprint density at radius 1 is 1.50 bits per heavy atom. The predicted molar refractivity (Wildman–Crippen MR) is 91.3 cm³/mol. The molecule has 0 saturated carbocycles. The zero-order valence-corrected chi connectivity index (χ0v) is 14.6. The van der Waals surface area contributed by atoms with Crippen molar-refractivity contribution in [2.45, 2.75) is 45.4 Å². The van der Waals surface area contributed by atoms with Crippen LogP contribution in [0.2, 0.25) is 5.02 Å². The van der Waals surface area contributed by atoms with Crippen LogP contribution in [0.5, 0.6) is 5.88 Å². The van der Waals surface area contributed by atoms with Gasteiger partial charge in [0.15, 0.2) is 0 Å². The standard InChI is InChI=1S/C17H21ClN4O2/c1-12(2)24-16-15(18)9-13(10-19-16)17(23)22-8-3-5-14(22)11-21-7-4-6-20-21/h4,6-7,9-10,12,14H,3,5,8,11H2,1-2H3. The van der Waals surface area contributed by atoms with E-state index in [1.165, 1.54) is 6.20 Å².